The first-order valence-electron chi connectivity index (χ1n) is 9.29. The fourth-order valence-electron chi connectivity index (χ4n) is 0.986. The molecule has 0 bridgehead atoms. The van der Waals surface area contributed by atoms with Crippen LogP contribution in [0.3, 0.4) is 0 Å². The SMILES string of the molecule is CC(C)[O-].CC(C)[O-].CC(C)[O-].CC1(C)[C-]=CC=CC1.CC=CC=CC.[Ti+4]. The second-order valence-electron chi connectivity index (χ2n) is 7.02. The van der Waals surface area contributed by atoms with E-state index < -0.39 is 18.3 Å². The molecule has 0 N–H and O–H groups in total. The molecule has 3 nitrogen and oxygen atoms in total. The Bertz CT molecular complexity index is 333. The number of hydrogen-bond donors (Lipinski definition) is 0. The molecule has 1 aliphatic rings. The van der Waals surface area contributed by atoms with Crippen LogP contribution in [0.4, 0.5) is 0 Å². The second kappa shape index (κ2) is 27.8. The van der Waals surface area contributed by atoms with E-state index in [-0.39, 0.29) is 27.1 Å². The average molecular weight is 414 g/mol. The van der Waals surface area contributed by atoms with Gasteiger partial charge in [-0.25, -0.2) is 12.2 Å². The summed E-state index contributed by atoms with van der Waals surface area (Å²) in [6.45, 7) is 18.0. The van der Waals surface area contributed by atoms with Gasteiger partial charge in [-0.1, -0.05) is 91.5 Å². The van der Waals surface area contributed by atoms with Crippen molar-refractivity contribution in [1.82, 2.24) is 0 Å². The molecule has 0 aromatic heterocycles. The van der Waals surface area contributed by atoms with Crippen molar-refractivity contribution >= 4 is 0 Å². The minimum absolute atomic E-state index is 0. The fourth-order valence-corrected chi connectivity index (χ4v) is 0.986. The van der Waals surface area contributed by atoms with E-state index >= 15 is 0 Å². The Morgan fingerprint density at radius 1 is 0.815 bits per heavy atom. The van der Waals surface area contributed by atoms with Gasteiger partial charge < -0.3 is 15.3 Å². The van der Waals surface area contributed by atoms with E-state index in [1.807, 2.05) is 50.3 Å². The maximum atomic E-state index is 9.53. The number of allylic oxidation sites excluding steroid dienone is 8. The smallest absolute Gasteiger partial charge is 0.852 e. The molecule has 4 heteroatoms. The van der Waals surface area contributed by atoms with Crippen LogP contribution in [0, 0.1) is 11.5 Å². The molecule has 0 saturated carbocycles. The zero-order valence-corrected chi connectivity index (χ0v) is 20.8. The summed E-state index contributed by atoms with van der Waals surface area (Å²) in [7, 11) is 0. The van der Waals surface area contributed by atoms with Crippen molar-refractivity contribution < 1.29 is 37.0 Å². The van der Waals surface area contributed by atoms with Gasteiger partial charge in [0.05, 0.1) is 0 Å². The first-order valence-corrected chi connectivity index (χ1v) is 9.29. The van der Waals surface area contributed by atoms with Gasteiger partial charge in [0.1, 0.15) is 0 Å². The standard InChI is InChI=1S/C8H11.C6H10.3C3H7O.Ti/c1-8(2)6-4-3-5-7-8;1-3-5-6-4-2;3*1-3(2)4;/h3-5H,6H2,1-2H3;3-6H,1-2H3;3*3H,1-2H3;/q-1;;3*-1;+4. The molecule has 0 spiro atoms. The Kier molecular flexibility index (Phi) is 38.4. The monoisotopic (exact) mass is 414 g/mol. The summed E-state index contributed by atoms with van der Waals surface area (Å²) in [5.74, 6) is 0. The van der Waals surface area contributed by atoms with E-state index in [0.29, 0.717) is 0 Å². The molecule has 0 unspecified atom stereocenters. The van der Waals surface area contributed by atoms with Crippen molar-refractivity contribution in [3.05, 3.63) is 48.6 Å². The van der Waals surface area contributed by atoms with E-state index in [0.717, 1.165) is 6.42 Å². The molecule has 0 aromatic carbocycles. The first kappa shape index (κ1) is 37.3. The van der Waals surface area contributed by atoms with Crippen molar-refractivity contribution in [3.8, 4) is 0 Å². The summed E-state index contributed by atoms with van der Waals surface area (Å²) in [4.78, 5) is 0. The summed E-state index contributed by atoms with van der Waals surface area (Å²) < 4.78 is 0. The van der Waals surface area contributed by atoms with E-state index in [1.165, 1.54) is 0 Å². The minimum atomic E-state index is -0.417. The van der Waals surface area contributed by atoms with Crippen molar-refractivity contribution in [2.24, 2.45) is 5.41 Å². The molecule has 0 aromatic rings. The summed E-state index contributed by atoms with van der Waals surface area (Å²) in [6.07, 6.45) is 17.3. The van der Waals surface area contributed by atoms with Gasteiger partial charge in [-0.2, -0.15) is 6.08 Å². The minimum Gasteiger partial charge on any atom is -0.852 e. The van der Waals surface area contributed by atoms with Crippen LogP contribution >= 0.6 is 0 Å². The molecule has 27 heavy (non-hydrogen) atoms. The molecule has 0 radical (unpaired) electrons. The predicted octanol–water partition coefficient (Wildman–Crippen LogP) is 3.73. The normalized spacial score (nSPS) is 13.6. The third kappa shape index (κ3) is 90.0. The van der Waals surface area contributed by atoms with Gasteiger partial charge in [-0.15, -0.1) is 18.3 Å². The van der Waals surface area contributed by atoms with Gasteiger partial charge in [-0.3, -0.25) is 6.08 Å². The molecule has 1 aliphatic carbocycles. The Morgan fingerprint density at radius 2 is 1.11 bits per heavy atom. The van der Waals surface area contributed by atoms with E-state index in [4.69, 9.17) is 0 Å². The van der Waals surface area contributed by atoms with Gasteiger partial charge in [0.25, 0.3) is 0 Å². The Labute approximate surface area is 184 Å². The number of hydrogen-bond acceptors (Lipinski definition) is 3. The van der Waals surface area contributed by atoms with Crippen LogP contribution in [-0.2, 0) is 21.7 Å². The summed E-state index contributed by atoms with van der Waals surface area (Å²) in [6, 6.07) is 0. The molecule has 0 amide bonds. The zero-order valence-electron chi connectivity index (χ0n) is 19.2. The van der Waals surface area contributed by atoms with Crippen LogP contribution in [0.25, 0.3) is 0 Å². The van der Waals surface area contributed by atoms with E-state index in [1.54, 1.807) is 41.5 Å². The molecule has 0 fully saturated rings. The van der Waals surface area contributed by atoms with Crippen LogP contribution in [-0.4, -0.2) is 18.3 Å². The van der Waals surface area contributed by atoms with Crippen LogP contribution < -0.4 is 15.3 Å². The molecule has 156 valence electrons. The van der Waals surface area contributed by atoms with Gasteiger partial charge >= 0.3 is 21.7 Å². The molecular weight excluding hydrogens is 372 g/mol. The van der Waals surface area contributed by atoms with Crippen LogP contribution in [0.15, 0.2) is 42.5 Å². The maximum Gasteiger partial charge on any atom is 4.00 e. The maximum absolute atomic E-state index is 9.53. The molecule has 0 atom stereocenters. The van der Waals surface area contributed by atoms with Gasteiger partial charge in [0.15, 0.2) is 0 Å². The zero-order chi connectivity index (χ0) is 21.6. The van der Waals surface area contributed by atoms with Crippen LogP contribution in [0.1, 0.15) is 75.7 Å². The van der Waals surface area contributed by atoms with Gasteiger partial charge in [-0.05, 0) is 13.8 Å². The quantitative estimate of drug-likeness (QED) is 0.373. The van der Waals surface area contributed by atoms with Crippen molar-refractivity contribution in [2.45, 2.75) is 94.0 Å². The third-order valence-corrected chi connectivity index (χ3v) is 1.83. The first-order chi connectivity index (χ1) is 11.8. The Balaban J connectivity index is -0.0000000770. The number of rotatable bonds is 1. The van der Waals surface area contributed by atoms with Crippen molar-refractivity contribution in [2.75, 3.05) is 0 Å². The topological polar surface area (TPSA) is 69.2 Å². The van der Waals surface area contributed by atoms with Crippen LogP contribution in [0.2, 0.25) is 0 Å². The molecular formula is C23H42O3Ti. The average Bonchev–Trinajstić information content (AvgIpc) is 2.43. The van der Waals surface area contributed by atoms with Crippen molar-refractivity contribution in [3.63, 3.8) is 0 Å². The van der Waals surface area contributed by atoms with Gasteiger partial charge in [0, 0.05) is 0 Å². The summed E-state index contributed by atoms with van der Waals surface area (Å²) in [5, 5.41) is 28.6. The fraction of sp³-hybridized carbons (Fsp3) is 0.652. The second-order valence-corrected chi connectivity index (χ2v) is 7.02. The Morgan fingerprint density at radius 3 is 1.22 bits per heavy atom. The van der Waals surface area contributed by atoms with Gasteiger partial charge in [0.2, 0.25) is 0 Å². The molecule has 0 aliphatic heterocycles. The largest absolute Gasteiger partial charge is 4.00 e. The predicted molar refractivity (Wildman–Crippen MR) is 110 cm³/mol. The Hall–Kier alpha value is -0.446. The van der Waals surface area contributed by atoms with E-state index in [2.05, 4.69) is 26.0 Å². The molecule has 1 rings (SSSR count). The third-order valence-electron chi connectivity index (χ3n) is 1.83. The van der Waals surface area contributed by atoms with Crippen LogP contribution in [0.5, 0.6) is 0 Å². The van der Waals surface area contributed by atoms with Crippen molar-refractivity contribution in [1.29, 1.82) is 0 Å². The molecule has 0 heterocycles. The molecule has 0 saturated heterocycles. The summed E-state index contributed by atoms with van der Waals surface area (Å²) >= 11 is 0. The summed E-state index contributed by atoms with van der Waals surface area (Å²) in [5.41, 5.74) is 0.286. The van der Waals surface area contributed by atoms with E-state index in [9.17, 15) is 15.3 Å².